The van der Waals surface area contributed by atoms with Crippen LogP contribution >= 0.6 is 24.0 Å². The zero-order chi connectivity index (χ0) is 18.2. The summed E-state index contributed by atoms with van der Waals surface area (Å²) in [6.45, 7) is 4.35. The third kappa shape index (κ3) is 5.95. The van der Waals surface area contributed by atoms with Crippen molar-refractivity contribution in [3.63, 3.8) is 0 Å². The highest BCUT2D eigenvalue weighted by Gasteiger charge is 2.21. The molecule has 3 rings (SSSR count). The van der Waals surface area contributed by atoms with Gasteiger partial charge in [-0.3, -0.25) is 4.79 Å². The molecule has 0 unspecified atom stereocenters. The van der Waals surface area contributed by atoms with Crippen LogP contribution in [0.5, 0.6) is 0 Å². The van der Waals surface area contributed by atoms with Crippen LogP contribution < -0.4 is 15.5 Å². The fraction of sp³-hybridized carbons (Fsp3) is 0.333. The number of para-hydroxylation sites is 1. The standard InChI is InChI=1S/C21H26N4O.HI/c1-2-22-21(23-15-17-9-4-3-5-10-17)24-16-20(26)25-14-8-12-18-11-6-7-13-19(18)25;/h3-7,9-11,13H,2,8,12,14-16H2,1H3,(H2,22,23,24);1H. The zero-order valence-corrected chi connectivity index (χ0v) is 18.0. The van der Waals surface area contributed by atoms with Crippen molar-refractivity contribution in [1.29, 1.82) is 0 Å². The van der Waals surface area contributed by atoms with Crippen LogP contribution in [0.4, 0.5) is 5.69 Å². The van der Waals surface area contributed by atoms with Crippen molar-refractivity contribution in [2.75, 3.05) is 24.5 Å². The lowest BCUT2D eigenvalue weighted by molar-refractivity contribution is -0.117. The van der Waals surface area contributed by atoms with Gasteiger partial charge in [-0.2, -0.15) is 0 Å². The summed E-state index contributed by atoms with van der Waals surface area (Å²) in [7, 11) is 0. The highest BCUT2D eigenvalue weighted by molar-refractivity contribution is 14.0. The molecule has 0 radical (unpaired) electrons. The summed E-state index contributed by atoms with van der Waals surface area (Å²) >= 11 is 0. The number of aliphatic imine (C=N–C) groups is 1. The van der Waals surface area contributed by atoms with Crippen LogP contribution in [0.25, 0.3) is 0 Å². The summed E-state index contributed by atoms with van der Waals surface area (Å²) in [5.74, 6) is 0.734. The van der Waals surface area contributed by atoms with E-state index >= 15 is 0 Å². The van der Waals surface area contributed by atoms with E-state index in [0.29, 0.717) is 12.5 Å². The lowest BCUT2D eigenvalue weighted by Gasteiger charge is -2.29. The van der Waals surface area contributed by atoms with Crippen LogP contribution in [0.1, 0.15) is 24.5 Å². The van der Waals surface area contributed by atoms with Gasteiger partial charge in [0.25, 0.3) is 0 Å². The molecule has 1 heterocycles. The van der Waals surface area contributed by atoms with E-state index in [4.69, 9.17) is 0 Å². The Morgan fingerprint density at radius 2 is 1.81 bits per heavy atom. The van der Waals surface area contributed by atoms with Crippen molar-refractivity contribution in [3.05, 3.63) is 65.7 Å². The molecule has 27 heavy (non-hydrogen) atoms. The lowest BCUT2D eigenvalue weighted by Crippen LogP contribution is -2.46. The Labute approximate surface area is 178 Å². The summed E-state index contributed by atoms with van der Waals surface area (Å²) in [6.07, 6.45) is 2.04. The van der Waals surface area contributed by atoms with Crippen molar-refractivity contribution in [2.24, 2.45) is 4.99 Å². The quantitative estimate of drug-likeness (QED) is 0.394. The topological polar surface area (TPSA) is 56.7 Å². The van der Waals surface area contributed by atoms with Crippen molar-refractivity contribution in [3.8, 4) is 0 Å². The van der Waals surface area contributed by atoms with E-state index in [9.17, 15) is 4.79 Å². The Morgan fingerprint density at radius 3 is 2.59 bits per heavy atom. The molecule has 5 nitrogen and oxygen atoms in total. The summed E-state index contributed by atoms with van der Waals surface area (Å²) in [4.78, 5) is 19.2. The van der Waals surface area contributed by atoms with Gasteiger partial charge >= 0.3 is 0 Å². The van der Waals surface area contributed by atoms with Gasteiger partial charge in [0.1, 0.15) is 0 Å². The summed E-state index contributed by atoms with van der Waals surface area (Å²) < 4.78 is 0. The van der Waals surface area contributed by atoms with Gasteiger partial charge in [-0.15, -0.1) is 24.0 Å². The number of halogens is 1. The van der Waals surface area contributed by atoms with Gasteiger partial charge in [0.15, 0.2) is 5.96 Å². The van der Waals surface area contributed by atoms with Gasteiger partial charge in [0.05, 0.1) is 13.1 Å². The second-order valence-electron chi connectivity index (χ2n) is 6.31. The predicted molar refractivity (Wildman–Crippen MR) is 122 cm³/mol. The maximum Gasteiger partial charge on any atom is 0.246 e. The van der Waals surface area contributed by atoms with E-state index in [1.54, 1.807) is 0 Å². The van der Waals surface area contributed by atoms with Crippen LogP contribution in [0.2, 0.25) is 0 Å². The Bertz CT molecular complexity index is 764. The summed E-state index contributed by atoms with van der Waals surface area (Å²) in [5.41, 5.74) is 3.43. The first-order valence-corrected chi connectivity index (χ1v) is 9.22. The number of nitrogens with one attached hydrogen (secondary N) is 2. The number of aryl methyl sites for hydroxylation is 1. The number of benzene rings is 2. The van der Waals surface area contributed by atoms with Crippen LogP contribution in [0.3, 0.4) is 0 Å². The molecule has 0 spiro atoms. The highest BCUT2D eigenvalue weighted by Crippen LogP contribution is 2.26. The fourth-order valence-electron chi connectivity index (χ4n) is 3.14. The molecule has 6 heteroatoms. The molecular formula is C21H27IN4O. The SMILES string of the molecule is CCNC(=NCc1ccccc1)NCC(=O)N1CCCc2ccccc21.I. The number of anilines is 1. The molecule has 2 N–H and O–H groups in total. The number of amides is 1. The molecule has 0 aliphatic carbocycles. The first kappa shape index (κ1) is 21.2. The van der Waals surface area contributed by atoms with E-state index in [1.165, 1.54) is 5.56 Å². The third-order valence-corrected chi connectivity index (χ3v) is 4.43. The molecule has 0 aromatic heterocycles. The number of hydrogen-bond acceptors (Lipinski definition) is 2. The molecule has 0 atom stereocenters. The van der Waals surface area contributed by atoms with E-state index in [2.05, 4.69) is 21.7 Å². The molecule has 1 aliphatic heterocycles. The molecule has 2 aromatic carbocycles. The van der Waals surface area contributed by atoms with Crippen molar-refractivity contribution < 1.29 is 4.79 Å². The smallest absolute Gasteiger partial charge is 0.246 e. The van der Waals surface area contributed by atoms with Crippen LogP contribution in [0.15, 0.2) is 59.6 Å². The van der Waals surface area contributed by atoms with Gasteiger partial charge in [-0.25, -0.2) is 4.99 Å². The second-order valence-corrected chi connectivity index (χ2v) is 6.31. The number of nitrogens with zero attached hydrogens (tertiary/aromatic N) is 2. The van der Waals surface area contributed by atoms with Gasteiger partial charge < -0.3 is 15.5 Å². The lowest BCUT2D eigenvalue weighted by atomic mass is 10.0. The molecule has 2 aromatic rings. The molecule has 1 aliphatic rings. The minimum Gasteiger partial charge on any atom is -0.357 e. The van der Waals surface area contributed by atoms with Crippen molar-refractivity contribution in [1.82, 2.24) is 10.6 Å². The van der Waals surface area contributed by atoms with E-state index in [-0.39, 0.29) is 36.4 Å². The molecular weight excluding hydrogens is 451 g/mol. The monoisotopic (exact) mass is 478 g/mol. The van der Waals surface area contributed by atoms with Crippen LogP contribution in [-0.4, -0.2) is 31.5 Å². The number of carbonyl (C=O) groups excluding carboxylic acids is 1. The Balaban J connectivity index is 0.00000261. The van der Waals surface area contributed by atoms with Gasteiger partial charge in [0.2, 0.25) is 5.91 Å². The highest BCUT2D eigenvalue weighted by atomic mass is 127. The largest absolute Gasteiger partial charge is 0.357 e. The van der Waals surface area contributed by atoms with E-state index < -0.39 is 0 Å². The molecule has 1 amide bonds. The molecule has 0 bridgehead atoms. The maximum absolute atomic E-state index is 12.7. The Kier molecular flexibility index (Phi) is 8.57. The van der Waals surface area contributed by atoms with Gasteiger partial charge in [0, 0.05) is 18.8 Å². The predicted octanol–water partition coefficient (Wildman–Crippen LogP) is 3.34. The molecule has 0 saturated carbocycles. The second kappa shape index (κ2) is 10.9. The van der Waals surface area contributed by atoms with Crippen LogP contribution in [-0.2, 0) is 17.8 Å². The van der Waals surface area contributed by atoms with E-state index in [0.717, 1.165) is 37.2 Å². The first-order valence-electron chi connectivity index (χ1n) is 9.22. The molecule has 144 valence electrons. The number of fused-ring (bicyclic) bond motifs is 1. The number of rotatable bonds is 5. The van der Waals surface area contributed by atoms with Gasteiger partial charge in [-0.1, -0.05) is 48.5 Å². The minimum atomic E-state index is 0. The average Bonchev–Trinajstić information content (AvgIpc) is 2.70. The van der Waals surface area contributed by atoms with Crippen LogP contribution in [0, 0.1) is 0 Å². The van der Waals surface area contributed by atoms with Crippen molar-refractivity contribution >= 4 is 41.5 Å². The maximum atomic E-state index is 12.7. The third-order valence-electron chi connectivity index (χ3n) is 4.43. The Morgan fingerprint density at radius 1 is 1.07 bits per heavy atom. The number of carbonyl (C=O) groups is 1. The summed E-state index contributed by atoms with van der Waals surface area (Å²) in [5, 5.41) is 6.36. The normalized spacial score (nSPS) is 13.4. The summed E-state index contributed by atoms with van der Waals surface area (Å²) in [6, 6.07) is 18.2. The van der Waals surface area contributed by atoms with E-state index in [1.807, 2.05) is 60.4 Å². The average molecular weight is 478 g/mol. The number of hydrogen-bond donors (Lipinski definition) is 2. The number of guanidine groups is 1. The fourth-order valence-corrected chi connectivity index (χ4v) is 3.14. The molecule has 0 saturated heterocycles. The Hall–Kier alpha value is -2.09. The first-order chi connectivity index (χ1) is 12.8. The van der Waals surface area contributed by atoms with Crippen molar-refractivity contribution in [2.45, 2.75) is 26.3 Å². The minimum absolute atomic E-state index is 0. The zero-order valence-electron chi connectivity index (χ0n) is 15.6. The van der Waals surface area contributed by atoms with Gasteiger partial charge in [-0.05, 0) is 37.0 Å². The molecule has 0 fully saturated rings.